The number of nitrogens with two attached hydrogens (primary N) is 1. The van der Waals surface area contributed by atoms with Gasteiger partial charge in [0.05, 0.1) is 11.6 Å². The van der Waals surface area contributed by atoms with Crippen molar-refractivity contribution in [3.63, 3.8) is 0 Å². The van der Waals surface area contributed by atoms with Crippen molar-refractivity contribution < 1.29 is 9.59 Å². The number of nitrogens with one attached hydrogen (secondary N) is 1. The Labute approximate surface area is 102 Å². The third kappa shape index (κ3) is 1.60. The number of rotatable bonds is 1. The van der Waals surface area contributed by atoms with Gasteiger partial charge < -0.3 is 5.73 Å². The highest BCUT2D eigenvalue weighted by Crippen LogP contribution is 2.26. The minimum absolute atomic E-state index is 0.231. The molecule has 0 spiro atoms. The van der Waals surface area contributed by atoms with Crippen LogP contribution < -0.4 is 11.1 Å². The molecule has 7 heteroatoms. The average molecular weight is 245 g/mol. The van der Waals surface area contributed by atoms with E-state index in [0.717, 1.165) is 5.56 Å². The fraction of sp³-hybridized carbons (Fsp3) is 0.273. The normalized spacial score (nSPS) is 20.1. The third-order valence-corrected chi connectivity index (χ3v) is 3.07. The Bertz CT molecular complexity index is 648. The van der Waals surface area contributed by atoms with Crippen LogP contribution in [0.15, 0.2) is 18.6 Å². The maximum Gasteiger partial charge on any atom is 0.234 e. The molecule has 2 aromatic heterocycles. The molecule has 2 amide bonds. The van der Waals surface area contributed by atoms with Crippen LogP contribution in [0.5, 0.6) is 0 Å². The predicted octanol–water partition coefficient (Wildman–Crippen LogP) is -0.168. The predicted molar refractivity (Wildman–Crippen MR) is 62.5 cm³/mol. The molecule has 92 valence electrons. The molecule has 1 fully saturated rings. The number of piperidine rings is 1. The maximum absolute atomic E-state index is 11.8. The molecule has 0 aliphatic carbocycles. The van der Waals surface area contributed by atoms with Gasteiger partial charge in [-0.2, -0.15) is 5.10 Å². The number of aromatic nitrogens is 3. The Kier molecular flexibility index (Phi) is 2.26. The van der Waals surface area contributed by atoms with Crippen molar-refractivity contribution in [2.75, 3.05) is 5.73 Å². The molecule has 1 atom stereocenters. The number of hydrogen-bond donors (Lipinski definition) is 2. The average Bonchev–Trinajstić information content (AvgIpc) is 2.77. The lowest BCUT2D eigenvalue weighted by atomic mass is 9.91. The van der Waals surface area contributed by atoms with Gasteiger partial charge in [-0.15, -0.1) is 0 Å². The van der Waals surface area contributed by atoms with Gasteiger partial charge in [-0.25, -0.2) is 9.50 Å². The van der Waals surface area contributed by atoms with Crippen LogP contribution in [0.25, 0.3) is 5.65 Å². The number of hydrogen-bond acceptors (Lipinski definition) is 5. The van der Waals surface area contributed by atoms with E-state index in [9.17, 15) is 9.59 Å². The lowest BCUT2D eigenvalue weighted by Crippen LogP contribution is -2.39. The number of nitrogen functional groups attached to an aromatic ring is 1. The second kappa shape index (κ2) is 3.80. The van der Waals surface area contributed by atoms with Gasteiger partial charge in [0.25, 0.3) is 0 Å². The van der Waals surface area contributed by atoms with E-state index in [1.165, 1.54) is 10.8 Å². The molecule has 7 nitrogen and oxygen atoms in total. The SMILES string of the molecule is Nc1cc(C2CCC(=O)NC2=O)cn2ncnc12. The van der Waals surface area contributed by atoms with Crippen LogP contribution in [0.3, 0.4) is 0 Å². The molecular weight excluding hydrogens is 234 g/mol. The van der Waals surface area contributed by atoms with Gasteiger partial charge in [-0.3, -0.25) is 14.9 Å². The number of carbonyl (C=O) groups is 2. The van der Waals surface area contributed by atoms with E-state index in [1.54, 1.807) is 12.3 Å². The summed E-state index contributed by atoms with van der Waals surface area (Å²) in [6, 6.07) is 1.71. The fourth-order valence-electron chi connectivity index (χ4n) is 2.18. The Morgan fingerprint density at radius 3 is 3.06 bits per heavy atom. The lowest BCUT2D eigenvalue weighted by molar-refractivity contribution is -0.134. The molecule has 0 saturated carbocycles. The first-order valence-corrected chi connectivity index (χ1v) is 5.57. The molecule has 3 N–H and O–H groups in total. The molecule has 1 saturated heterocycles. The standard InChI is InChI=1S/C11H11N5O2/c12-8-3-6(4-16-10(8)13-5-14-16)7-1-2-9(17)15-11(7)18/h3-5,7H,1-2,12H2,(H,15,17,18). The maximum atomic E-state index is 11.8. The first-order chi connectivity index (χ1) is 8.65. The van der Waals surface area contributed by atoms with E-state index >= 15 is 0 Å². The van der Waals surface area contributed by atoms with Crippen LogP contribution in [0.1, 0.15) is 24.3 Å². The van der Waals surface area contributed by atoms with Crippen LogP contribution >= 0.6 is 0 Å². The number of pyridine rings is 1. The summed E-state index contributed by atoms with van der Waals surface area (Å²) in [5.41, 5.74) is 7.63. The summed E-state index contributed by atoms with van der Waals surface area (Å²) in [7, 11) is 0. The van der Waals surface area contributed by atoms with Crippen molar-refractivity contribution in [2.45, 2.75) is 18.8 Å². The van der Waals surface area contributed by atoms with E-state index < -0.39 is 0 Å². The van der Waals surface area contributed by atoms with Crippen LogP contribution in [0.4, 0.5) is 5.69 Å². The quantitative estimate of drug-likeness (QED) is 0.679. The number of fused-ring (bicyclic) bond motifs is 1. The largest absolute Gasteiger partial charge is 0.396 e. The first-order valence-electron chi connectivity index (χ1n) is 5.57. The zero-order valence-corrected chi connectivity index (χ0v) is 9.46. The zero-order valence-electron chi connectivity index (χ0n) is 9.46. The van der Waals surface area contributed by atoms with E-state index in [-0.39, 0.29) is 17.7 Å². The second-order valence-electron chi connectivity index (χ2n) is 4.26. The molecule has 3 rings (SSSR count). The van der Waals surface area contributed by atoms with E-state index in [1.807, 2.05) is 0 Å². The number of amides is 2. The highest BCUT2D eigenvalue weighted by molar-refractivity contribution is 6.01. The summed E-state index contributed by atoms with van der Waals surface area (Å²) >= 11 is 0. The molecule has 18 heavy (non-hydrogen) atoms. The topological polar surface area (TPSA) is 102 Å². The Morgan fingerprint density at radius 2 is 2.28 bits per heavy atom. The van der Waals surface area contributed by atoms with Crippen molar-refractivity contribution in [1.29, 1.82) is 0 Å². The molecular formula is C11H11N5O2. The van der Waals surface area contributed by atoms with Crippen LogP contribution in [-0.4, -0.2) is 26.4 Å². The van der Waals surface area contributed by atoms with E-state index in [0.29, 0.717) is 24.2 Å². The fourth-order valence-corrected chi connectivity index (χ4v) is 2.18. The van der Waals surface area contributed by atoms with Gasteiger partial charge >= 0.3 is 0 Å². The zero-order chi connectivity index (χ0) is 12.7. The molecule has 0 aromatic carbocycles. The van der Waals surface area contributed by atoms with Crippen molar-refractivity contribution in [3.05, 3.63) is 24.2 Å². The van der Waals surface area contributed by atoms with Gasteiger partial charge in [-0.1, -0.05) is 0 Å². The van der Waals surface area contributed by atoms with Crippen LogP contribution in [0, 0.1) is 0 Å². The molecule has 0 radical (unpaired) electrons. The van der Waals surface area contributed by atoms with Crippen molar-refractivity contribution in [1.82, 2.24) is 19.9 Å². The molecule has 1 aliphatic rings. The van der Waals surface area contributed by atoms with E-state index in [2.05, 4.69) is 15.4 Å². The number of carbonyl (C=O) groups excluding carboxylic acids is 2. The summed E-state index contributed by atoms with van der Waals surface area (Å²) in [6.45, 7) is 0. The van der Waals surface area contributed by atoms with Crippen molar-refractivity contribution in [2.24, 2.45) is 0 Å². The molecule has 2 aromatic rings. The van der Waals surface area contributed by atoms with Gasteiger partial charge in [-0.05, 0) is 18.1 Å². The van der Waals surface area contributed by atoms with Crippen LogP contribution in [0.2, 0.25) is 0 Å². The van der Waals surface area contributed by atoms with E-state index in [4.69, 9.17) is 5.73 Å². The smallest absolute Gasteiger partial charge is 0.234 e. The summed E-state index contributed by atoms with van der Waals surface area (Å²) in [6.07, 6.45) is 3.95. The molecule has 0 bridgehead atoms. The third-order valence-electron chi connectivity index (χ3n) is 3.07. The van der Waals surface area contributed by atoms with Gasteiger partial charge in [0.15, 0.2) is 5.65 Å². The Hall–Kier alpha value is -2.44. The summed E-state index contributed by atoms with van der Waals surface area (Å²) in [5, 5.41) is 6.33. The highest BCUT2D eigenvalue weighted by Gasteiger charge is 2.28. The lowest BCUT2D eigenvalue weighted by Gasteiger charge is -2.21. The van der Waals surface area contributed by atoms with Gasteiger partial charge in [0.1, 0.15) is 6.33 Å². The highest BCUT2D eigenvalue weighted by atomic mass is 16.2. The number of anilines is 1. The van der Waals surface area contributed by atoms with Crippen molar-refractivity contribution >= 4 is 23.1 Å². The van der Waals surface area contributed by atoms with Crippen molar-refractivity contribution in [3.8, 4) is 0 Å². The Balaban J connectivity index is 2.03. The number of nitrogens with zero attached hydrogens (tertiary/aromatic N) is 3. The Morgan fingerprint density at radius 1 is 1.44 bits per heavy atom. The number of imide groups is 1. The first kappa shape index (κ1) is 10.7. The van der Waals surface area contributed by atoms with Gasteiger partial charge in [0.2, 0.25) is 11.8 Å². The molecule has 1 unspecified atom stereocenters. The minimum atomic E-state index is -0.362. The summed E-state index contributed by atoms with van der Waals surface area (Å²) < 4.78 is 1.54. The molecule has 3 heterocycles. The summed E-state index contributed by atoms with van der Waals surface area (Å²) in [5.74, 6) is -0.880. The van der Waals surface area contributed by atoms with Crippen LogP contribution in [-0.2, 0) is 9.59 Å². The second-order valence-corrected chi connectivity index (χ2v) is 4.26. The monoisotopic (exact) mass is 245 g/mol. The molecule has 1 aliphatic heterocycles. The minimum Gasteiger partial charge on any atom is -0.396 e. The summed E-state index contributed by atoms with van der Waals surface area (Å²) in [4.78, 5) is 26.9. The van der Waals surface area contributed by atoms with Gasteiger partial charge in [0, 0.05) is 12.6 Å².